The lowest BCUT2D eigenvalue weighted by Crippen LogP contribution is -2.66. The molecule has 0 bridgehead atoms. The Morgan fingerprint density at radius 3 is 2.26 bits per heavy atom. The molecule has 0 aliphatic heterocycles. The highest BCUT2D eigenvalue weighted by Crippen LogP contribution is 2.69. The third-order valence-electron chi connectivity index (χ3n) is 11.2. The summed E-state index contributed by atoms with van der Waals surface area (Å²) in [5.74, 6) is 0.00405. The minimum Gasteiger partial charge on any atom is -0.396 e. The van der Waals surface area contributed by atoms with Crippen LogP contribution in [0, 0.1) is 46.3 Å². The maximum Gasteiger partial charge on any atom is 0.0863 e. The van der Waals surface area contributed by atoms with Gasteiger partial charge in [-0.15, -0.1) is 0 Å². The van der Waals surface area contributed by atoms with Gasteiger partial charge in [0.1, 0.15) is 0 Å². The highest BCUT2D eigenvalue weighted by atomic mass is 16.3. The molecule has 0 aromatic carbocycles. The molecular weight excluding hydrogens is 432 g/mol. The van der Waals surface area contributed by atoms with E-state index in [1.165, 1.54) is 0 Å². The van der Waals surface area contributed by atoms with Crippen LogP contribution in [0.15, 0.2) is 11.6 Å². The summed E-state index contributed by atoms with van der Waals surface area (Å²) in [7, 11) is 0. The Hall–Kier alpha value is -0.500. The van der Waals surface area contributed by atoms with Gasteiger partial charge in [0.15, 0.2) is 0 Å². The average Bonchev–Trinajstić information content (AvgIpc) is 2.98. The number of hydrogen-bond donors (Lipinski definition) is 6. The van der Waals surface area contributed by atoms with Crippen molar-refractivity contribution in [2.45, 2.75) is 110 Å². The Bertz CT molecular complexity index is 785. The van der Waals surface area contributed by atoms with E-state index in [0.717, 1.165) is 31.3 Å². The Morgan fingerprint density at radius 2 is 1.62 bits per heavy atom. The number of rotatable bonds is 6. The second-order valence-electron chi connectivity index (χ2n) is 13.1. The van der Waals surface area contributed by atoms with E-state index in [1.54, 1.807) is 6.08 Å². The molecule has 5 unspecified atom stereocenters. The molecule has 6 nitrogen and oxygen atoms in total. The molecule has 13 atom stereocenters. The predicted molar refractivity (Wildman–Crippen MR) is 131 cm³/mol. The maximum atomic E-state index is 12.3. The van der Waals surface area contributed by atoms with Crippen LogP contribution in [0.3, 0.4) is 0 Å². The second-order valence-corrected chi connectivity index (χ2v) is 13.1. The van der Waals surface area contributed by atoms with Crippen molar-refractivity contribution in [2.75, 3.05) is 6.61 Å². The van der Waals surface area contributed by atoms with Crippen molar-refractivity contribution in [1.29, 1.82) is 0 Å². The normalized spacial score (nSPS) is 51.0. The van der Waals surface area contributed by atoms with Crippen LogP contribution in [0.25, 0.3) is 0 Å². The third-order valence-corrected chi connectivity index (χ3v) is 11.2. The molecule has 6 N–H and O–H groups in total. The molecule has 4 aliphatic carbocycles. The fourth-order valence-electron chi connectivity index (χ4n) is 9.16. The van der Waals surface area contributed by atoms with E-state index < -0.39 is 46.8 Å². The van der Waals surface area contributed by atoms with Crippen molar-refractivity contribution in [3.8, 4) is 0 Å². The van der Waals surface area contributed by atoms with Crippen LogP contribution in [0.5, 0.6) is 0 Å². The maximum absolute atomic E-state index is 12.3. The van der Waals surface area contributed by atoms with Gasteiger partial charge in [-0.05, 0) is 71.7 Å². The first kappa shape index (κ1) is 26.6. The highest BCUT2D eigenvalue weighted by molar-refractivity contribution is 5.33. The predicted octanol–water partition coefficient (Wildman–Crippen LogP) is 2.63. The van der Waals surface area contributed by atoms with Gasteiger partial charge in [-0.2, -0.15) is 0 Å². The third kappa shape index (κ3) is 3.83. The SMILES string of the molecule is CC(CO)[C@@H](C)CC[C@@H](C)[C@H]1C(O)C(O)[C@@H]2[C@]1(C)CC[C@H]1[C@@]2(O)CC(O)C2=CC(O)CC[C@@]21C. The fourth-order valence-corrected chi connectivity index (χ4v) is 9.16. The summed E-state index contributed by atoms with van der Waals surface area (Å²) in [6.45, 7) is 10.8. The zero-order valence-electron chi connectivity index (χ0n) is 21.7. The molecule has 0 spiro atoms. The summed E-state index contributed by atoms with van der Waals surface area (Å²) in [5, 5.41) is 65.9. The zero-order chi connectivity index (χ0) is 25.2. The first-order valence-electron chi connectivity index (χ1n) is 13.6. The summed E-state index contributed by atoms with van der Waals surface area (Å²) >= 11 is 0. The first-order chi connectivity index (χ1) is 15.8. The number of fused-ring (bicyclic) bond motifs is 5. The van der Waals surface area contributed by atoms with Gasteiger partial charge in [0.05, 0.1) is 30.0 Å². The smallest absolute Gasteiger partial charge is 0.0863 e. The van der Waals surface area contributed by atoms with Crippen LogP contribution in [-0.2, 0) is 0 Å². The Morgan fingerprint density at radius 1 is 0.941 bits per heavy atom. The van der Waals surface area contributed by atoms with Crippen molar-refractivity contribution in [3.63, 3.8) is 0 Å². The van der Waals surface area contributed by atoms with Gasteiger partial charge in [0, 0.05) is 18.9 Å². The topological polar surface area (TPSA) is 121 Å². The summed E-state index contributed by atoms with van der Waals surface area (Å²) in [6.07, 6.45) is 3.33. The van der Waals surface area contributed by atoms with Gasteiger partial charge in [0.25, 0.3) is 0 Å². The summed E-state index contributed by atoms with van der Waals surface area (Å²) in [5.41, 5.74) is -1.28. The Kier molecular flexibility index (Phi) is 7.12. The van der Waals surface area contributed by atoms with E-state index in [9.17, 15) is 30.6 Å². The van der Waals surface area contributed by atoms with Crippen molar-refractivity contribution >= 4 is 0 Å². The highest BCUT2D eigenvalue weighted by Gasteiger charge is 2.71. The number of aliphatic hydroxyl groups is 6. The molecule has 0 radical (unpaired) electrons. The standard InChI is InChI=1S/C28H48O6/c1-15(17(3)14-29)6-7-16(2)22-23(32)24(33)25-27(22,5)11-9-21-26(4)10-8-18(30)12-19(26)20(31)13-28(21,25)34/h12,15-18,20-25,29-34H,6-11,13-14H2,1-5H3/t15-,16+,17?,18?,20?,21+,22-,23?,24?,25+,26-,27+,28-/m0/s1. The van der Waals surface area contributed by atoms with E-state index in [4.69, 9.17) is 0 Å². The van der Waals surface area contributed by atoms with Crippen molar-refractivity contribution in [3.05, 3.63) is 11.6 Å². The fraction of sp³-hybridized carbons (Fsp3) is 0.929. The molecule has 0 heterocycles. The summed E-state index contributed by atoms with van der Waals surface area (Å²) in [4.78, 5) is 0. The number of aliphatic hydroxyl groups excluding tert-OH is 5. The largest absolute Gasteiger partial charge is 0.396 e. The average molecular weight is 481 g/mol. The first-order valence-corrected chi connectivity index (χ1v) is 13.6. The van der Waals surface area contributed by atoms with Crippen molar-refractivity contribution in [1.82, 2.24) is 0 Å². The van der Waals surface area contributed by atoms with Gasteiger partial charge >= 0.3 is 0 Å². The molecule has 6 heteroatoms. The van der Waals surface area contributed by atoms with Crippen molar-refractivity contribution < 1.29 is 30.6 Å². The Balaban J connectivity index is 1.63. The van der Waals surface area contributed by atoms with E-state index in [-0.39, 0.29) is 36.7 Å². The van der Waals surface area contributed by atoms with Crippen LogP contribution in [0.1, 0.15) is 79.6 Å². The van der Waals surface area contributed by atoms with Crippen LogP contribution < -0.4 is 0 Å². The molecule has 0 saturated heterocycles. The monoisotopic (exact) mass is 480 g/mol. The molecule has 3 saturated carbocycles. The summed E-state index contributed by atoms with van der Waals surface area (Å²) in [6, 6.07) is 0. The zero-order valence-corrected chi connectivity index (χ0v) is 21.7. The van der Waals surface area contributed by atoms with E-state index in [0.29, 0.717) is 18.8 Å². The molecular formula is C28H48O6. The van der Waals surface area contributed by atoms with Gasteiger partial charge in [-0.1, -0.05) is 53.5 Å². The van der Waals surface area contributed by atoms with Gasteiger partial charge in [-0.3, -0.25) is 0 Å². The molecule has 4 rings (SSSR count). The quantitative estimate of drug-likeness (QED) is 0.325. The van der Waals surface area contributed by atoms with Crippen molar-refractivity contribution in [2.24, 2.45) is 46.3 Å². The van der Waals surface area contributed by atoms with Crippen LogP contribution >= 0.6 is 0 Å². The lowest BCUT2D eigenvalue weighted by Gasteiger charge is -2.63. The molecule has 34 heavy (non-hydrogen) atoms. The van der Waals surface area contributed by atoms with Crippen LogP contribution in [0.2, 0.25) is 0 Å². The minimum absolute atomic E-state index is 0.124. The van der Waals surface area contributed by atoms with Gasteiger partial charge in [-0.25, -0.2) is 0 Å². The molecule has 0 aromatic rings. The molecule has 3 fully saturated rings. The van der Waals surface area contributed by atoms with E-state index >= 15 is 0 Å². The molecule has 0 aromatic heterocycles. The van der Waals surface area contributed by atoms with Crippen LogP contribution in [-0.4, -0.2) is 67.3 Å². The second kappa shape index (κ2) is 9.11. The minimum atomic E-state index is -1.27. The van der Waals surface area contributed by atoms with Crippen LogP contribution in [0.4, 0.5) is 0 Å². The summed E-state index contributed by atoms with van der Waals surface area (Å²) < 4.78 is 0. The number of hydrogen-bond acceptors (Lipinski definition) is 6. The van der Waals surface area contributed by atoms with E-state index in [2.05, 4.69) is 34.6 Å². The molecule has 4 aliphatic rings. The van der Waals surface area contributed by atoms with E-state index in [1.807, 2.05) is 0 Å². The molecule has 0 amide bonds. The van der Waals surface area contributed by atoms with Gasteiger partial charge < -0.3 is 30.6 Å². The lowest BCUT2D eigenvalue weighted by atomic mass is 9.43. The van der Waals surface area contributed by atoms with Gasteiger partial charge in [0.2, 0.25) is 0 Å². The Labute approximate surface area is 205 Å². The molecule has 196 valence electrons. The lowest BCUT2D eigenvalue weighted by molar-refractivity contribution is -0.222.